The van der Waals surface area contributed by atoms with Crippen LogP contribution in [-0.2, 0) is 11.2 Å². The minimum atomic E-state index is -0.0265. The van der Waals surface area contributed by atoms with Crippen LogP contribution in [-0.4, -0.2) is 23.0 Å². The Bertz CT molecular complexity index is 661. The van der Waals surface area contributed by atoms with Gasteiger partial charge >= 0.3 is 0 Å². The number of hydrogen-bond acceptors (Lipinski definition) is 4. The Morgan fingerprint density at radius 1 is 1.26 bits per heavy atom. The molecule has 0 saturated heterocycles. The number of rotatable bonds is 4. The molecular weight excluding hydrogens is 314 g/mol. The fraction of sp³-hybridized carbons (Fsp3) is 0.412. The van der Waals surface area contributed by atoms with Crippen molar-refractivity contribution in [3.8, 4) is 11.5 Å². The topological polar surface area (TPSA) is 81.1 Å². The summed E-state index contributed by atoms with van der Waals surface area (Å²) in [6.45, 7) is 0. The zero-order chi connectivity index (χ0) is 16.2. The van der Waals surface area contributed by atoms with Crippen LogP contribution in [0.25, 0.3) is 11.5 Å². The van der Waals surface area contributed by atoms with Crippen LogP contribution in [0.3, 0.4) is 0 Å². The Hall–Kier alpha value is -1.85. The van der Waals surface area contributed by atoms with Crippen LogP contribution in [0.15, 0.2) is 34.9 Å². The lowest BCUT2D eigenvalue weighted by Crippen LogP contribution is -2.41. The number of benzene rings is 1. The summed E-state index contributed by atoms with van der Waals surface area (Å²) in [7, 11) is 0. The van der Waals surface area contributed by atoms with E-state index in [1.54, 1.807) is 12.1 Å². The summed E-state index contributed by atoms with van der Waals surface area (Å²) in [5, 5.41) is 3.71. The molecule has 6 heteroatoms. The maximum absolute atomic E-state index is 12.1. The van der Waals surface area contributed by atoms with Crippen molar-refractivity contribution in [2.75, 3.05) is 0 Å². The van der Waals surface area contributed by atoms with Gasteiger partial charge in [0.15, 0.2) is 0 Å². The summed E-state index contributed by atoms with van der Waals surface area (Å²) in [4.78, 5) is 16.5. The number of nitrogens with zero attached hydrogens (tertiary/aromatic N) is 1. The smallest absolute Gasteiger partial charge is 0.226 e. The molecule has 1 amide bonds. The van der Waals surface area contributed by atoms with Crippen molar-refractivity contribution in [1.82, 2.24) is 10.3 Å². The Kier molecular flexibility index (Phi) is 4.98. The van der Waals surface area contributed by atoms with Gasteiger partial charge in [0.25, 0.3) is 0 Å². The van der Waals surface area contributed by atoms with Crippen molar-refractivity contribution in [2.24, 2.45) is 5.73 Å². The van der Waals surface area contributed by atoms with Crippen LogP contribution in [0.4, 0.5) is 0 Å². The molecule has 23 heavy (non-hydrogen) atoms. The fourth-order valence-electron chi connectivity index (χ4n) is 2.82. The Morgan fingerprint density at radius 2 is 1.96 bits per heavy atom. The molecule has 1 aromatic heterocycles. The van der Waals surface area contributed by atoms with Gasteiger partial charge in [-0.1, -0.05) is 11.6 Å². The van der Waals surface area contributed by atoms with Crippen molar-refractivity contribution in [2.45, 2.75) is 44.2 Å². The predicted molar refractivity (Wildman–Crippen MR) is 89.0 cm³/mol. The lowest BCUT2D eigenvalue weighted by Gasteiger charge is -2.26. The Balaban J connectivity index is 1.56. The van der Waals surface area contributed by atoms with Crippen molar-refractivity contribution >= 4 is 17.5 Å². The third-order valence-electron chi connectivity index (χ3n) is 4.12. The third-order valence-corrected chi connectivity index (χ3v) is 4.37. The second-order valence-corrected chi connectivity index (χ2v) is 6.44. The Labute approximate surface area is 140 Å². The van der Waals surface area contributed by atoms with Gasteiger partial charge in [-0.05, 0) is 49.9 Å². The van der Waals surface area contributed by atoms with Gasteiger partial charge in [-0.3, -0.25) is 4.79 Å². The minimum Gasteiger partial charge on any atom is -0.444 e. The summed E-state index contributed by atoms with van der Waals surface area (Å²) in [5.41, 5.74) is 7.34. The lowest BCUT2D eigenvalue weighted by molar-refractivity contribution is -0.121. The highest BCUT2D eigenvalue weighted by molar-refractivity contribution is 6.30. The summed E-state index contributed by atoms with van der Waals surface area (Å²) in [6.07, 6.45) is 5.58. The summed E-state index contributed by atoms with van der Waals surface area (Å²) >= 11 is 5.86. The van der Waals surface area contributed by atoms with Gasteiger partial charge in [0.05, 0.1) is 12.1 Å². The molecule has 0 bridgehead atoms. The highest BCUT2D eigenvalue weighted by atomic mass is 35.5. The predicted octanol–water partition coefficient (Wildman–Crippen LogP) is 2.92. The third kappa shape index (κ3) is 4.33. The molecule has 3 N–H and O–H groups in total. The molecule has 1 fully saturated rings. The molecule has 122 valence electrons. The number of nitrogens with one attached hydrogen (secondary N) is 1. The number of hydrogen-bond donors (Lipinski definition) is 2. The first-order chi connectivity index (χ1) is 11.1. The van der Waals surface area contributed by atoms with Crippen molar-refractivity contribution in [3.05, 3.63) is 41.2 Å². The molecule has 0 atom stereocenters. The summed E-state index contributed by atoms with van der Waals surface area (Å²) in [6, 6.07) is 7.74. The molecule has 0 radical (unpaired) electrons. The van der Waals surface area contributed by atoms with Crippen LogP contribution in [0.1, 0.15) is 31.4 Å². The maximum Gasteiger partial charge on any atom is 0.226 e. The zero-order valence-electron chi connectivity index (χ0n) is 12.8. The SMILES string of the molecule is NC1CCC(NC(=O)Cc2coc(-c3ccc(Cl)cc3)n2)CC1. The van der Waals surface area contributed by atoms with Gasteiger partial charge in [-0.15, -0.1) is 0 Å². The zero-order valence-corrected chi connectivity index (χ0v) is 13.6. The number of carbonyl (C=O) groups is 1. The first kappa shape index (κ1) is 16.0. The van der Waals surface area contributed by atoms with E-state index in [0.717, 1.165) is 31.2 Å². The molecule has 1 aromatic carbocycles. The minimum absolute atomic E-state index is 0.0265. The quantitative estimate of drug-likeness (QED) is 0.901. The lowest BCUT2D eigenvalue weighted by atomic mass is 9.92. The molecule has 0 aliphatic heterocycles. The summed E-state index contributed by atoms with van der Waals surface area (Å²) < 4.78 is 5.44. The number of nitrogens with two attached hydrogens (primary N) is 1. The summed E-state index contributed by atoms with van der Waals surface area (Å²) in [5.74, 6) is 0.467. The van der Waals surface area contributed by atoms with Gasteiger partial charge in [0, 0.05) is 22.7 Å². The largest absolute Gasteiger partial charge is 0.444 e. The first-order valence-electron chi connectivity index (χ1n) is 7.85. The van der Waals surface area contributed by atoms with Gasteiger partial charge in [-0.25, -0.2) is 4.98 Å². The molecular formula is C17H20ClN3O2. The maximum atomic E-state index is 12.1. The van der Waals surface area contributed by atoms with Gasteiger partial charge in [0.2, 0.25) is 11.8 Å². The molecule has 0 spiro atoms. The number of aromatic nitrogens is 1. The molecule has 5 nitrogen and oxygen atoms in total. The second kappa shape index (κ2) is 7.15. The number of carbonyl (C=O) groups excluding carboxylic acids is 1. The van der Waals surface area contributed by atoms with E-state index in [2.05, 4.69) is 10.3 Å². The van der Waals surface area contributed by atoms with Crippen LogP contribution < -0.4 is 11.1 Å². The number of oxazole rings is 1. The van der Waals surface area contributed by atoms with E-state index in [1.807, 2.05) is 12.1 Å². The average Bonchev–Trinajstić information content (AvgIpc) is 2.98. The molecule has 3 rings (SSSR count). The Morgan fingerprint density at radius 3 is 2.65 bits per heavy atom. The normalized spacial score (nSPS) is 21.1. The van der Waals surface area contributed by atoms with Crippen LogP contribution in [0.2, 0.25) is 5.02 Å². The van der Waals surface area contributed by atoms with E-state index in [4.69, 9.17) is 21.8 Å². The molecule has 0 unspecified atom stereocenters. The van der Waals surface area contributed by atoms with Crippen molar-refractivity contribution in [3.63, 3.8) is 0 Å². The highest BCUT2D eigenvalue weighted by Crippen LogP contribution is 2.21. The van der Waals surface area contributed by atoms with Gasteiger partial charge < -0.3 is 15.5 Å². The van der Waals surface area contributed by atoms with E-state index in [1.165, 1.54) is 6.26 Å². The second-order valence-electron chi connectivity index (χ2n) is 6.01. The fourth-order valence-corrected chi connectivity index (χ4v) is 2.95. The van der Waals surface area contributed by atoms with E-state index < -0.39 is 0 Å². The van der Waals surface area contributed by atoms with E-state index in [-0.39, 0.29) is 24.4 Å². The molecule has 2 aromatic rings. The van der Waals surface area contributed by atoms with E-state index in [0.29, 0.717) is 16.6 Å². The van der Waals surface area contributed by atoms with Gasteiger partial charge in [-0.2, -0.15) is 0 Å². The number of halogens is 1. The monoisotopic (exact) mass is 333 g/mol. The van der Waals surface area contributed by atoms with E-state index >= 15 is 0 Å². The molecule has 1 aliphatic rings. The van der Waals surface area contributed by atoms with Crippen LogP contribution in [0, 0.1) is 0 Å². The van der Waals surface area contributed by atoms with Crippen molar-refractivity contribution in [1.29, 1.82) is 0 Å². The molecule has 1 saturated carbocycles. The average molecular weight is 334 g/mol. The van der Waals surface area contributed by atoms with Crippen molar-refractivity contribution < 1.29 is 9.21 Å². The first-order valence-corrected chi connectivity index (χ1v) is 8.23. The number of amides is 1. The van der Waals surface area contributed by atoms with Crippen LogP contribution in [0.5, 0.6) is 0 Å². The van der Waals surface area contributed by atoms with Gasteiger partial charge in [0.1, 0.15) is 6.26 Å². The van der Waals surface area contributed by atoms with E-state index in [9.17, 15) is 4.79 Å². The molecule has 1 heterocycles. The molecule has 1 aliphatic carbocycles. The standard InChI is InChI=1S/C17H20ClN3O2/c18-12-3-1-11(2-4-12)17-21-15(10-23-17)9-16(22)20-14-7-5-13(19)6-8-14/h1-4,10,13-14H,5-9,19H2,(H,20,22). The van der Waals surface area contributed by atoms with Crippen LogP contribution >= 0.6 is 11.6 Å². The highest BCUT2D eigenvalue weighted by Gasteiger charge is 2.20.